The van der Waals surface area contributed by atoms with Crippen molar-refractivity contribution in [3.8, 4) is 23.0 Å². The summed E-state index contributed by atoms with van der Waals surface area (Å²) in [6, 6.07) is 5.97. The van der Waals surface area contributed by atoms with Gasteiger partial charge in [0.2, 0.25) is 11.7 Å². The molecule has 0 fully saturated rings. The molecule has 34 heavy (non-hydrogen) atoms. The molecular formula is C22H23FN6O5. The average Bonchev–Trinajstić information content (AvgIpc) is 2.80. The third-order valence-electron chi connectivity index (χ3n) is 4.80. The van der Waals surface area contributed by atoms with E-state index in [-0.39, 0.29) is 52.2 Å². The lowest BCUT2D eigenvalue weighted by Gasteiger charge is -2.30. The Bertz CT molecular complexity index is 1360. The third-order valence-corrected chi connectivity index (χ3v) is 4.80. The van der Waals surface area contributed by atoms with Gasteiger partial charge in [-0.3, -0.25) is 4.79 Å². The van der Waals surface area contributed by atoms with Crippen molar-refractivity contribution in [3.63, 3.8) is 0 Å². The van der Waals surface area contributed by atoms with Crippen LogP contribution in [0.4, 0.5) is 33.5 Å². The number of methoxy groups -OCH3 is 3. The SMILES string of the molecule is [2H]C([2H])([2H])Oc1cc(Nc2ncc(F)c(Nc3ccc4c(n3)NC(=O)C(C)(C)O4)n2)cc(OC)c1OC. The maximum absolute atomic E-state index is 14.5. The topological polar surface area (TPSA) is 129 Å². The molecule has 0 saturated heterocycles. The van der Waals surface area contributed by atoms with Crippen LogP contribution in [0, 0.1) is 5.82 Å². The van der Waals surface area contributed by atoms with E-state index in [0.717, 1.165) is 6.20 Å². The van der Waals surface area contributed by atoms with E-state index in [1.54, 1.807) is 19.9 Å². The number of fused-ring (bicyclic) bond motifs is 1. The van der Waals surface area contributed by atoms with Crippen LogP contribution in [0.2, 0.25) is 0 Å². The van der Waals surface area contributed by atoms with E-state index in [1.165, 1.54) is 32.4 Å². The molecule has 0 spiro atoms. The molecule has 12 heteroatoms. The minimum Gasteiger partial charge on any atom is -0.493 e. The highest BCUT2D eigenvalue weighted by Gasteiger charge is 2.36. The predicted molar refractivity (Wildman–Crippen MR) is 122 cm³/mol. The molecule has 3 N–H and O–H groups in total. The van der Waals surface area contributed by atoms with Gasteiger partial charge < -0.3 is 34.9 Å². The molecule has 1 aliphatic rings. The van der Waals surface area contributed by atoms with Gasteiger partial charge in [-0.05, 0) is 26.0 Å². The first-order valence-corrected chi connectivity index (χ1v) is 9.91. The number of nitrogens with one attached hydrogen (secondary N) is 3. The third kappa shape index (κ3) is 4.42. The van der Waals surface area contributed by atoms with Crippen LogP contribution >= 0.6 is 0 Å². The first-order chi connectivity index (χ1) is 17.4. The fourth-order valence-electron chi connectivity index (χ4n) is 3.11. The zero-order valence-electron chi connectivity index (χ0n) is 21.6. The Balaban J connectivity index is 1.60. The van der Waals surface area contributed by atoms with Crippen LogP contribution in [0.15, 0.2) is 30.5 Å². The number of pyridine rings is 1. The molecule has 1 amide bonds. The number of amides is 1. The van der Waals surface area contributed by atoms with Crippen molar-refractivity contribution in [2.45, 2.75) is 19.4 Å². The fourth-order valence-corrected chi connectivity index (χ4v) is 3.11. The van der Waals surface area contributed by atoms with Gasteiger partial charge in [0, 0.05) is 17.8 Å². The van der Waals surface area contributed by atoms with Gasteiger partial charge in [0.1, 0.15) is 5.82 Å². The second kappa shape index (κ2) is 8.89. The standard InChI is InChI=1S/C22H23FN6O5/c1-22(2)20(30)28-19-13(34-22)6-7-16(27-19)26-18-12(23)10-24-21(29-18)25-11-8-14(31-3)17(33-5)15(9-11)32-4/h6-10H,1-5H3,(H3,24,25,26,27,28,29,30)/i3D3. The molecule has 0 radical (unpaired) electrons. The largest absolute Gasteiger partial charge is 0.493 e. The zero-order valence-corrected chi connectivity index (χ0v) is 18.6. The normalized spacial score (nSPS) is 15.4. The van der Waals surface area contributed by atoms with Crippen molar-refractivity contribution in [2.75, 3.05) is 37.2 Å². The number of carbonyl (C=O) groups excluding carboxylic acids is 1. The lowest BCUT2D eigenvalue weighted by molar-refractivity contribution is -0.129. The second-order valence-electron chi connectivity index (χ2n) is 7.56. The zero-order chi connectivity index (χ0) is 27.0. The molecule has 2 aromatic heterocycles. The van der Waals surface area contributed by atoms with Gasteiger partial charge in [-0.2, -0.15) is 4.98 Å². The van der Waals surface area contributed by atoms with E-state index in [4.69, 9.17) is 23.1 Å². The molecule has 1 aliphatic heterocycles. The summed E-state index contributed by atoms with van der Waals surface area (Å²) in [4.78, 5) is 24.5. The van der Waals surface area contributed by atoms with Gasteiger partial charge in [-0.15, -0.1) is 0 Å². The van der Waals surface area contributed by atoms with Crippen LogP contribution in [0.25, 0.3) is 0 Å². The van der Waals surface area contributed by atoms with E-state index < -0.39 is 18.5 Å². The summed E-state index contributed by atoms with van der Waals surface area (Å²) in [5.41, 5.74) is -0.773. The molecule has 0 bridgehead atoms. The Hall–Kier alpha value is -4.35. The molecule has 0 atom stereocenters. The Labute approximate surface area is 198 Å². The summed E-state index contributed by atoms with van der Waals surface area (Å²) < 4.78 is 57.8. The number of halogens is 1. The van der Waals surface area contributed by atoms with E-state index >= 15 is 0 Å². The summed E-state index contributed by atoms with van der Waals surface area (Å²) in [5, 5.41) is 8.24. The summed E-state index contributed by atoms with van der Waals surface area (Å²) in [6.45, 7) is 3.25. The number of ether oxygens (including phenoxy) is 4. The van der Waals surface area contributed by atoms with Crippen LogP contribution < -0.4 is 34.9 Å². The number of hydrogen-bond donors (Lipinski definition) is 3. The molecule has 178 valence electrons. The Morgan fingerprint density at radius 3 is 2.59 bits per heavy atom. The van der Waals surface area contributed by atoms with Gasteiger partial charge >= 0.3 is 0 Å². The maximum Gasteiger partial charge on any atom is 0.269 e. The van der Waals surface area contributed by atoms with Crippen LogP contribution in [0.1, 0.15) is 18.0 Å². The molecule has 11 nitrogen and oxygen atoms in total. The van der Waals surface area contributed by atoms with Crippen molar-refractivity contribution in [1.29, 1.82) is 0 Å². The number of benzene rings is 1. The van der Waals surface area contributed by atoms with Crippen molar-refractivity contribution in [1.82, 2.24) is 15.0 Å². The Kier molecular flexibility index (Phi) is 5.00. The van der Waals surface area contributed by atoms with Gasteiger partial charge in [0.25, 0.3) is 5.91 Å². The highest BCUT2D eigenvalue weighted by atomic mass is 19.1. The molecule has 4 rings (SSSR count). The number of hydrogen-bond acceptors (Lipinski definition) is 10. The molecule has 1 aromatic carbocycles. The van der Waals surface area contributed by atoms with Crippen LogP contribution in [-0.2, 0) is 4.79 Å². The molecule has 0 aliphatic carbocycles. The minimum atomic E-state index is -2.75. The smallest absolute Gasteiger partial charge is 0.269 e. The van der Waals surface area contributed by atoms with Gasteiger partial charge in [0.05, 0.1) is 31.6 Å². The molecule has 0 saturated carbocycles. The Morgan fingerprint density at radius 1 is 1.12 bits per heavy atom. The number of carbonyl (C=O) groups is 1. The van der Waals surface area contributed by atoms with Crippen LogP contribution in [0.3, 0.4) is 0 Å². The number of aromatic nitrogens is 3. The van der Waals surface area contributed by atoms with Crippen LogP contribution in [-0.4, -0.2) is 47.7 Å². The summed E-state index contributed by atoms with van der Waals surface area (Å²) in [6.07, 6.45) is 0.935. The quantitative estimate of drug-likeness (QED) is 0.468. The van der Waals surface area contributed by atoms with Crippen molar-refractivity contribution in [2.24, 2.45) is 0 Å². The lowest BCUT2D eigenvalue weighted by atomic mass is 10.1. The van der Waals surface area contributed by atoms with E-state index in [2.05, 4.69) is 30.9 Å². The second-order valence-corrected chi connectivity index (χ2v) is 7.56. The fraction of sp³-hybridized carbons (Fsp3) is 0.273. The monoisotopic (exact) mass is 473 g/mol. The number of anilines is 5. The number of rotatable bonds is 7. The predicted octanol–water partition coefficient (Wildman–Crippen LogP) is 3.63. The first-order valence-electron chi connectivity index (χ1n) is 11.4. The van der Waals surface area contributed by atoms with Crippen molar-refractivity contribution in [3.05, 3.63) is 36.3 Å². The van der Waals surface area contributed by atoms with E-state index in [0.29, 0.717) is 5.75 Å². The van der Waals surface area contributed by atoms with Crippen LogP contribution in [0.5, 0.6) is 23.0 Å². The minimum absolute atomic E-state index is 0.0349. The maximum atomic E-state index is 14.5. The first kappa shape index (κ1) is 19.1. The Morgan fingerprint density at radius 2 is 1.88 bits per heavy atom. The molecule has 0 unspecified atom stereocenters. The van der Waals surface area contributed by atoms with Gasteiger partial charge in [-0.1, -0.05) is 0 Å². The van der Waals surface area contributed by atoms with E-state index in [9.17, 15) is 9.18 Å². The summed E-state index contributed by atoms with van der Waals surface area (Å²) in [7, 11) is -0.0365. The van der Waals surface area contributed by atoms with Gasteiger partial charge in [-0.25, -0.2) is 14.4 Å². The molecular weight excluding hydrogens is 447 g/mol. The highest BCUT2D eigenvalue weighted by Crippen LogP contribution is 2.40. The van der Waals surface area contributed by atoms with Crippen molar-refractivity contribution < 1.29 is 32.2 Å². The highest BCUT2D eigenvalue weighted by molar-refractivity contribution is 5.99. The summed E-state index contributed by atoms with van der Waals surface area (Å²) >= 11 is 0. The number of nitrogens with zero attached hydrogens (tertiary/aromatic N) is 3. The van der Waals surface area contributed by atoms with Crippen molar-refractivity contribution >= 4 is 35.0 Å². The lowest BCUT2D eigenvalue weighted by Crippen LogP contribution is -2.46. The van der Waals surface area contributed by atoms with E-state index in [1.807, 2.05) is 0 Å². The molecule has 3 aromatic rings. The molecule has 3 heterocycles. The average molecular weight is 473 g/mol. The van der Waals surface area contributed by atoms with Gasteiger partial charge in [0.15, 0.2) is 40.3 Å². The summed E-state index contributed by atoms with van der Waals surface area (Å²) in [5.74, 6) is -0.534.